The molecule has 0 fully saturated rings. The van der Waals surface area contributed by atoms with E-state index in [1.54, 1.807) is 18.2 Å². The molecule has 96 valence electrons. The van der Waals surface area contributed by atoms with E-state index in [4.69, 9.17) is 15.7 Å². The van der Waals surface area contributed by atoms with Crippen molar-refractivity contribution in [3.05, 3.63) is 28.2 Å². The lowest BCUT2D eigenvalue weighted by Crippen LogP contribution is -2.28. The molecule has 5 nitrogen and oxygen atoms in total. The molecule has 1 aromatic rings. The molecule has 3 N–H and O–H groups in total. The minimum absolute atomic E-state index is 0.157. The van der Waals surface area contributed by atoms with E-state index in [9.17, 15) is 4.79 Å². The number of hydrogen-bond acceptors (Lipinski definition) is 4. The minimum atomic E-state index is -0.317. The minimum Gasteiger partial charge on any atom is -0.380 e. The van der Waals surface area contributed by atoms with Crippen LogP contribution in [-0.2, 0) is 9.53 Å². The fourth-order valence-electron chi connectivity index (χ4n) is 1.39. The molecule has 0 radical (unpaired) electrons. The Morgan fingerprint density at radius 1 is 1.67 bits per heavy atom. The van der Waals surface area contributed by atoms with Gasteiger partial charge in [0.15, 0.2) is 0 Å². The summed E-state index contributed by atoms with van der Waals surface area (Å²) in [5, 5.41) is 11.6. The van der Waals surface area contributed by atoms with Crippen LogP contribution >= 0.6 is 15.9 Å². The molecule has 0 saturated heterocycles. The molecule has 0 aromatic heterocycles. The van der Waals surface area contributed by atoms with Crippen molar-refractivity contribution in [2.45, 2.75) is 12.5 Å². The summed E-state index contributed by atoms with van der Waals surface area (Å²) in [7, 11) is 1.50. The molecule has 0 aliphatic heterocycles. The van der Waals surface area contributed by atoms with Gasteiger partial charge in [-0.2, -0.15) is 5.26 Å². The summed E-state index contributed by atoms with van der Waals surface area (Å²) in [6.07, 6.45) is -0.160. The molecule has 1 amide bonds. The normalized spacial score (nSPS) is 11.7. The van der Waals surface area contributed by atoms with Gasteiger partial charge in [-0.05, 0) is 18.2 Å². The van der Waals surface area contributed by atoms with Crippen molar-refractivity contribution in [3.63, 3.8) is 0 Å². The number of hydrogen-bond donors (Lipinski definition) is 2. The second-order valence-electron chi connectivity index (χ2n) is 3.65. The van der Waals surface area contributed by atoms with Crippen molar-refractivity contribution in [2.24, 2.45) is 5.73 Å². The predicted octanol–water partition coefficient (Wildman–Crippen LogP) is 1.62. The van der Waals surface area contributed by atoms with E-state index in [1.807, 2.05) is 6.07 Å². The number of ether oxygens (including phenoxy) is 1. The standard InChI is InChI=1S/C12H14BrN3O2/c1-18-10(7-15)5-12(17)16-11-4-9(13)3-2-8(11)6-14/h2-4,10H,5,7,15H2,1H3,(H,16,17). The zero-order chi connectivity index (χ0) is 13.5. The molecule has 0 saturated carbocycles. The highest BCUT2D eigenvalue weighted by Crippen LogP contribution is 2.21. The number of halogens is 1. The molecule has 1 atom stereocenters. The number of anilines is 1. The van der Waals surface area contributed by atoms with E-state index >= 15 is 0 Å². The van der Waals surface area contributed by atoms with Crippen molar-refractivity contribution >= 4 is 27.5 Å². The first-order valence-electron chi connectivity index (χ1n) is 5.33. The first-order valence-corrected chi connectivity index (χ1v) is 6.12. The lowest BCUT2D eigenvalue weighted by atomic mass is 10.2. The second-order valence-corrected chi connectivity index (χ2v) is 4.56. The maximum absolute atomic E-state index is 11.7. The van der Waals surface area contributed by atoms with Crippen molar-refractivity contribution in [3.8, 4) is 6.07 Å². The number of benzene rings is 1. The van der Waals surface area contributed by atoms with Gasteiger partial charge in [0.2, 0.25) is 5.91 Å². The quantitative estimate of drug-likeness (QED) is 0.865. The number of nitrogens with zero attached hydrogens (tertiary/aromatic N) is 1. The maximum Gasteiger partial charge on any atom is 0.227 e. The summed E-state index contributed by atoms with van der Waals surface area (Å²) in [5.41, 5.74) is 6.33. The SMILES string of the molecule is COC(CN)CC(=O)Nc1cc(Br)ccc1C#N. The van der Waals surface area contributed by atoms with Crippen LogP contribution in [0, 0.1) is 11.3 Å². The van der Waals surface area contributed by atoms with Crippen LogP contribution in [0.25, 0.3) is 0 Å². The van der Waals surface area contributed by atoms with E-state index in [0.29, 0.717) is 11.3 Å². The highest BCUT2D eigenvalue weighted by atomic mass is 79.9. The topological polar surface area (TPSA) is 88.1 Å². The second kappa shape index (κ2) is 7.11. The summed E-state index contributed by atoms with van der Waals surface area (Å²) in [6.45, 7) is 0.271. The Morgan fingerprint density at radius 2 is 2.39 bits per heavy atom. The number of nitriles is 1. The number of carbonyl (C=O) groups is 1. The van der Waals surface area contributed by atoms with Crippen LogP contribution in [-0.4, -0.2) is 25.7 Å². The monoisotopic (exact) mass is 311 g/mol. The fourth-order valence-corrected chi connectivity index (χ4v) is 1.75. The lowest BCUT2D eigenvalue weighted by molar-refractivity contribution is -0.118. The van der Waals surface area contributed by atoms with Crippen molar-refractivity contribution in [2.75, 3.05) is 19.0 Å². The van der Waals surface area contributed by atoms with Gasteiger partial charge in [-0.3, -0.25) is 4.79 Å². The number of nitrogens with one attached hydrogen (secondary N) is 1. The van der Waals surface area contributed by atoms with Gasteiger partial charge in [-0.15, -0.1) is 0 Å². The van der Waals surface area contributed by atoms with E-state index in [0.717, 1.165) is 4.47 Å². The highest BCUT2D eigenvalue weighted by Gasteiger charge is 2.13. The first-order chi connectivity index (χ1) is 8.60. The molecular formula is C12H14BrN3O2. The third kappa shape index (κ3) is 4.11. The lowest BCUT2D eigenvalue weighted by Gasteiger charge is -2.13. The van der Waals surface area contributed by atoms with Crippen LogP contribution in [0.1, 0.15) is 12.0 Å². The molecule has 0 bridgehead atoms. The van der Waals surface area contributed by atoms with Crippen molar-refractivity contribution < 1.29 is 9.53 Å². The molecule has 1 aromatic carbocycles. The van der Waals surface area contributed by atoms with Gasteiger partial charge in [-0.1, -0.05) is 15.9 Å². The molecule has 1 rings (SSSR count). The van der Waals surface area contributed by atoms with Gasteiger partial charge in [-0.25, -0.2) is 0 Å². The Morgan fingerprint density at radius 3 is 2.94 bits per heavy atom. The summed E-state index contributed by atoms with van der Waals surface area (Å²) < 4.78 is 5.82. The molecular weight excluding hydrogens is 298 g/mol. The maximum atomic E-state index is 11.7. The van der Waals surface area contributed by atoms with E-state index in [1.165, 1.54) is 7.11 Å². The molecule has 0 heterocycles. The smallest absolute Gasteiger partial charge is 0.227 e. The van der Waals surface area contributed by atoms with Gasteiger partial charge < -0.3 is 15.8 Å². The Kier molecular flexibility index (Phi) is 5.78. The fraction of sp³-hybridized carbons (Fsp3) is 0.333. The Bertz CT molecular complexity index is 467. The largest absolute Gasteiger partial charge is 0.380 e. The third-order valence-electron chi connectivity index (χ3n) is 2.39. The van der Waals surface area contributed by atoms with Crippen LogP contribution in [0.3, 0.4) is 0 Å². The number of methoxy groups -OCH3 is 1. The predicted molar refractivity (Wildman–Crippen MR) is 72.0 cm³/mol. The van der Waals surface area contributed by atoms with E-state index in [-0.39, 0.29) is 25.0 Å². The Labute approximate surface area is 114 Å². The van der Waals surface area contributed by atoms with Gasteiger partial charge >= 0.3 is 0 Å². The number of amides is 1. The van der Waals surface area contributed by atoms with Gasteiger partial charge in [0.25, 0.3) is 0 Å². The van der Waals surface area contributed by atoms with Crippen LogP contribution in [0.15, 0.2) is 22.7 Å². The Balaban J connectivity index is 2.75. The van der Waals surface area contributed by atoms with Crippen LogP contribution in [0.4, 0.5) is 5.69 Å². The molecule has 6 heteroatoms. The zero-order valence-electron chi connectivity index (χ0n) is 9.94. The summed E-state index contributed by atoms with van der Waals surface area (Å²) in [5.74, 6) is -0.234. The van der Waals surface area contributed by atoms with E-state index in [2.05, 4.69) is 21.2 Å². The molecule has 1 unspecified atom stereocenters. The van der Waals surface area contributed by atoms with Crippen molar-refractivity contribution in [1.82, 2.24) is 0 Å². The molecule has 0 aliphatic carbocycles. The highest BCUT2D eigenvalue weighted by molar-refractivity contribution is 9.10. The number of carbonyl (C=O) groups excluding carboxylic acids is 1. The Hall–Kier alpha value is -1.42. The van der Waals surface area contributed by atoms with Crippen molar-refractivity contribution in [1.29, 1.82) is 5.26 Å². The van der Waals surface area contributed by atoms with Crippen LogP contribution in [0.2, 0.25) is 0 Å². The summed E-state index contributed by atoms with van der Waals surface area (Å²) >= 11 is 3.29. The van der Waals surface area contributed by atoms with Gasteiger partial charge in [0.1, 0.15) is 6.07 Å². The molecule has 0 aliphatic rings. The molecule has 18 heavy (non-hydrogen) atoms. The molecule has 0 spiro atoms. The summed E-state index contributed by atoms with van der Waals surface area (Å²) in [4.78, 5) is 11.7. The van der Waals surface area contributed by atoms with Crippen LogP contribution < -0.4 is 11.1 Å². The number of rotatable bonds is 5. The first kappa shape index (κ1) is 14.6. The summed E-state index contributed by atoms with van der Waals surface area (Å²) in [6, 6.07) is 7.08. The van der Waals surface area contributed by atoms with Gasteiger partial charge in [0.05, 0.1) is 23.8 Å². The average Bonchev–Trinajstić information content (AvgIpc) is 2.36. The third-order valence-corrected chi connectivity index (χ3v) is 2.88. The zero-order valence-corrected chi connectivity index (χ0v) is 11.5. The van der Waals surface area contributed by atoms with Gasteiger partial charge in [0, 0.05) is 18.1 Å². The van der Waals surface area contributed by atoms with Crippen LogP contribution in [0.5, 0.6) is 0 Å². The van der Waals surface area contributed by atoms with E-state index < -0.39 is 0 Å². The average molecular weight is 312 g/mol. The number of nitrogens with two attached hydrogens (primary N) is 1.